The van der Waals surface area contributed by atoms with Gasteiger partial charge in [0.05, 0.1) is 33.5 Å². The molecule has 33 heavy (non-hydrogen) atoms. The third-order valence-corrected chi connectivity index (χ3v) is 6.42. The number of esters is 1. The van der Waals surface area contributed by atoms with Gasteiger partial charge < -0.3 is 4.74 Å². The summed E-state index contributed by atoms with van der Waals surface area (Å²) in [5, 5.41) is 0.199. The van der Waals surface area contributed by atoms with Crippen LogP contribution in [0.15, 0.2) is 75.7 Å². The van der Waals surface area contributed by atoms with Crippen LogP contribution in [0, 0.1) is 5.82 Å². The van der Waals surface area contributed by atoms with Crippen LogP contribution in [0.5, 0.6) is 0 Å². The Morgan fingerprint density at radius 1 is 1.24 bits per heavy atom. The summed E-state index contributed by atoms with van der Waals surface area (Å²) in [6, 6.07) is 13.2. The van der Waals surface area contributed by atoms with Crippen molar-refractivity contribution >= 4 is 41.1 Å². The van der Waals surface area contributed by atoms with Crippen molar-refractivity contribution in [2.45, 2.75) is 19.9 Å². The van der Waals surface area contributed by atoms with E-state index in [9.17, 15) is 14.0 Å². The minimum Gasteiger partial charge on any atom is -0.463 e. The summed E-state index contributed by atoms with van der Waals surface area (Å²) < 4.78 is 21.3. The molecule has 1 atom stereocenters. The molecule has 1 aliphatic heterocycles. The molecule has 168 valence electrons. The highest BCUT2D eigenvalue weighted by Gasteiger charge is 2.30. The van der Waals surface area contributed by atoms with Gasteiger partial charge in [0.2, 0.25) is 0 Å². The summed E-state index contributed by atoms with van der Waals surface area (Å²) in [6.07, 6.45) is 5.04. The smallest absolute Gasteiger partial charge is 0.338 e. The first-order valence-electron chi connectivity index (χ1n) is 10.3. The lowest BCUT2D eigenvalue weighted by molar-refractivity contribution is -0.139. The van der Waals surface area contributed by atoms with Gasteiger partial charge in [0.15, 0.2) is 4.80 Å². The fraction of sp³-hybridized carbons (Fsp3) is 0.160. The first-order valence-corrected chi connectivity index (χ1v) is 11.5. The fourth-order valence-electron chi connectivity index (χ4n) is 3.56. The van der Waals surface area contributed by atoms with Crippen molar-refractivity contribution in [2.24, 2.45) is 4.99 Å². The lowest BCUT2D eigenvalue weighted by Gasteiger charge is -2.21. The number of rotatable bonds is 5. The van der Waals surface area contributed by atoms with Crippen molar-refractivity contribution in [1.82, 2.24) is 4.57 Å². The predicted molar refractivity (Wildman–Crippen MR) is 128 cm³/mol. The Hall–Kier alpha value is -3.29. The van der Waals surface area contributed by atoms with Crippen LogP contribution >= 0.6 is 22.9 Å². The van der Waals surface area contributed by atoms with E-state index in [1.165, 1.54) is 22.8 Å². The van der Waals surface area contributed by atoms with E-state index in [0.29, 0.717) is 10.5 Å². The normalized spacial score (nSPS) is 16.1. The van der Waals surface area contributed by atoms with Gasteiger partial charge >= 0.3 is 5.97 Å². The maximum atomic E-state index is 14.3. The molecule has 0 saturated heterocycles. The van der Waals surface area contributed by atoms with Gasteiger partial charge in [-0.25, -0.2) is 14.2 Å². The highest BCUT2D eigenvalue weighted by molar-refractivity contribution is 7.07. The topological polar surface area (TPSA) is 60.7 Å². The molecule has 0 aliphatic carbocycles. The Bertz CT molecular complexity index is 1430. The number of aromatic nitrogens is 1. The zero-order valence-electron chi connectivity index (χ0n) is 17.9. The number of hydrogen-bond acceptors (Lipinski definition) is 5. The molecule has 8 heteroatoms. The Morgan fingerprint density at radius 3 is 2.70 bits per heavy atom. The number of carbonyl (C=O) groups is 1. The van der Waals surface area contributed by atoms with Gasteiger partial charge in [-0.15, -0.1) is 0 Å². The van der Waals surface area contributed by atoms with E-state index in [4.69, 9.17) is 16.3 Å². The maximum absolute atomic E-state index is 14.3. The van der Waals surface area contributed by atoms with Crippen LogP contribution in [0.3, 0.4) is 0 Å². The number of benzene rings is 2. The molecule has 1 aromatic heterocycles. The largest absolute Gasteiger partial charge is 0.463 e. The number of carbonyl (C=O) groups excluding carboxylic acids is 1. The number of halogens is 2. The van der Waals surface area contributed by atoms with E-state index in [2.05, 4.69) is 4.99 Å². The van der Waals surface area contributed by atoms with Crippen LogP contribution in [0.4, 0.5) is 4.39 Å². The van der Waals surface area contributed by atoms with Crippen molar-refractivity contribution in [3.05, 3.63) is 108 Å². The number of fused-ring (bicyclic) bond motifs is 1. The molecular weight excluding hydrogens is 463 g/mol. The molecule has 2 aromatic carbocycles. The van der Waals surface area contributed by atoms with E-state index >= 15 is 0 Å². The van der Waals surface area contributed by atoms with Crippen LogP contribution < -0.4 is 14.9 Å². The number of thiazole rings is 1. The summed E-state index contributed by atoms with van der Waals surface area (Å²) in [5.41, 5.74) is 1.40. The van der Waals surface area contributed by atoms with Crippen molar-refractivity contribution in [3.8, 4) is 0 Å². The van der Waals surface area contributed by atoms with Gasteiger partial charge in [0.25, 0.3) is 5.56 Å². The monoisotopic (exact) mass is 482 g/mol. The second-order valence-electron chi connectivity index (χ2n) is 7.25. The minimum atomic E-state index is -0.723. The molecule has 4 rings (SSSR count). The molecule has 0 radical (unpaired) electrons. The summed E-state index contributed by atoms with van der Waals surface area (Å²) >= 11 is 7.26. The molecule has 1 aliphatic rings. The Kier molecular flexibility index (Phi) is 6.72. The Morgan fingerprint density at radius 2 is 2.00 bits per heavy atom. The number of ether oxygens (including phenoxy) is 1. The van der Waals surface area contributed by atoms with Crippen LogP contribution in [0.25, 0.3) is 12.2 Å². The average Bonchev–Trinajstić information content (AvgIpc) is 3.10. The first-order chi connectivity index (χ1) is 15.9. The fourth-order valence-corrected chi connectivity index (χ4v) is 4.82. The summed E-state index contributed by atoms with van der Waals surface area (Å²) in [6.45, 7) is 3.62. The van der Waals surface area contributed by atoms with Crippen LogP contribution in [-0.2, 0) is 9.53 Å². The van der Waals surface area contributed by atoms with E-state index in [-0.39, 0.29) is 27.3 Å². The standard InChI is InChI=1S/C25H20ClFN2O3S/c1-3-32-24(31)22-15(2)28-25-29(20(22)13-12-16-8-5-4-6-9-16)23(30)21(33-25)14-17-18(26)10-7-11-19(17)27/h4-14,20H,3H2,1-2H3/b13-12+,21-14?. The maximum Gasteiger partial charge on any atom is 0.338 e. The van der Waals surface area contributed by atoms with Crippen LogP contribution in [0.1, 0.15) is 31.0 Å². The lowest BCUT2D eigenvalue weighted by atomic mass is 10.0. The molecule has 3 aromatic rings. The van der Waals surface area contributed by atoms with Crippen molar-refractivity contribution in [1.29, 1.82) is 0 Å². The zero-order valence-corrected chi connectivity index (χ0v) is 19.5. The Balaban J connectivity index is 1.91. The second kappa shape index (κ2) is 9.68. The van der Waals surface area contributed by atoms with Crippen LogP contribution in [-0.4, -0.2) is 17.1 Å². The third-order valence-electron chi connectivity index (χ3n) is 5.11. The van der Waals surface area contributed by atoms with Gasteiger partial charge in [0, 0.05) is 5.56 Å². The summed E-state index contributed by atoms with van der Waals surface area (Å²) in [7, 11) is 0. The van der Waals surface area contributed by atoms with E-state index in [0.717, 1.165) is 16.9 Å². The molecule has 5 nitrogen and oxygen atoms in total. The highest BCUT2D eigenvalue weighted by atomic mass is 35.5. The van der Waals surface area contributed by atoms with Gasteiger partial charge in [-0.3, -0.25) is 9.36 Å². The molecule has 0 spiro atoms. The molecule has 0 fully saturated rings. The van der Waals surface area contributed by atoms with Gasteiger partial charge in [0.1, 0.15) is 5.82 Å². The van der Waals surface area contributed by atoms with Gasteiger partial charge in [-0.1, -0.05) is 71.5 Å². The van der Waals surface area contributed by atoms with E-state index < -0.39 is 23.4 Å². The Labute approximate surface area is 198 Å². The second-order valence-corrected chi connectivity index (χ2v) is 8.67. The number of hydrogen-bond donors (Lipinski definition) is 0. The van der Waals surface area contributed by atoms with Crippen LogP contribution in [0.2, 0.25) is 5.02 Å². The predicted octanol–water partition coefficient (Wildman–Crippen LogP) is 4.26. The van der Waals surface area contributed by atoms with Crippen molar-refractivity contribution in [2.75, 3.05) is 6.61 Å². The molecule has 0 saturated carbocycles. The number of nitrogens with zero attached hydrogens (tertiary/aromatic N) is 2. The molecule has 0 N–H and O–H groups in total. The number of allylic oxidation sites excluding steroid dienone is 2. The summed E-state index contributed by atoms with van der Waals surface area (Å²) in [5.74, 6) is -1.06. The van der Waals surface area contributed by atoms with Gasteiger partial charge in [-0.2, -0.15) is 0 Å². The molecule has 0 bridgehead atoms. The molecule has 1 unspecified atom stereocenters. The minimum absolute atomic E-state index is 0.127. The van der Waals surface area contributed by atoms with Crippen molar-refractivity contribution in [3.63, 3.8) is 0 Å². The third kappa shape index (κ3) is 4.60. The van der Waals surface area contributed by atoms with E-state index in [1.807, 2.05) is 36.4 Å². The molecule has 0 amide bonds. The highest BCUT2D eigenvalue weighted by Crippen LogP contribution is 2.26. The van der Waals surface area contributed by atoms with Gasteiger partial charge in [-0.05, 0) is 37.6 Å². The van der Waals surface area contributed by atoms with Crippen molar-refractivity contribution < 1.29 is 13.9 Å². The summed E-state index contributed by atoms with van der Waals surface area (Å²) in [4.78, 5) is 31.1. The van der Waals surface area contributed by atoms with E-state index in [1.54, 1.807) is 26.0 Å². The zero-order chi connectivity index (χ0) is 23.5. The molecule has 2 heterocycles. The first kappa shape index (κ1) is 22.9. The quantitative estimate of drug-likeness (QED) is 0.511. The average molecular weight is 483 g/mol. The lowest BCUT2D eigenvalue weighted by Crippen LogP contribution is -2.38. The molecular formula is C25H20ClFN2O3S. The SMILES string of the molecule is CCOC(=O)C1=C(C)N=c2sc(=Cc3c(F)cccc3Cl)c(=O)n2C1/C=C/c1ccccc1.